The van der Waals surface area contributed by atoms with Crippen molar-refractivity contribution in [3.8, 4) is 28.4 Å². The van der Waals surface area contributed by atoms with Gasteiger partial charge in [-0.3, -0.25) is 0 Å². The molecule has 0 aliphatic rings. The minimum Gasteiger partial charge on any atom is -0.439 e. The van der Waals surface area contributed by atoms with E-state index in [9.17, 15) is 30.6 Å². The second-order valence-corrected chi connectivity index (χ2v) is 14.0. The van der Waals surface area contributed by atoms with Crippen LogP contribution in [0.5, 0.6) is 17.2 Å². The Morgan fingerprint density at radius 3 is 1.12 bits per heavy atom. The molecule has 6 aromatic carbocycles. The highest BCUT2D eigenvalue weighted by atomic mass is 16.8. The molecule has 0 radical (unpaired) electrons. The van der Waals surface area contributed by atoms with Crippen LogP contribution in [0.15, 0.2) is 146 Å². The number of rotatable bonds is 16. The number of nitrogens with zero attached hydrogens (tertiary/aromatic N) is 1. The molecule has 0 aromatic heterocycles. The summed E-state index contributed by atoms with van der Waals surface area (Å²) in [4.78, 5) is 2.18. The van der Waals surface area contributed by atoms with E-state index in [1.54, 1.807) is 57.2 Å². The van der Waals surface area contributed by atoms with Crippen molar-refractivity contribution in [2.45, 2.75) is 64.9 Å². The smallest absolute Gasteiger partial charge is 0.321 e. The third-order valence-electron chi connectivity index (χ3n) is 9.62. The Labute approximate surface area is 338 Å². The number of benzene rings is 6. The summed E-state index contributed by atoms with van der Waals surface area (Å²) in [7, 11) is 0. The van der Waals surface area contributed by atoms with Gasteiger partial charge in [0.15, 0.2) is 0 Å². The third-order valence-corrected chi connectivity index (χ3v) is 9.62. The Balaban J connectivity index is 1.32. The van der Waals surface area contributed by atoms with E-state index in [-0.39, 0.29) is 19.3 Å². The van der Waals surface area contributed by atoms with E-state index in [1.807, 2.05) is 66.7 Å². The van der Waals surface area contributed by atoms with Gasteiger partial charge < -0.3 is 49.7 Å². The van der Waals surface area contributed by atoms with Crippen LogP contribution in [0.1, 0.15) is 62.3 Å². The zero-order valence-electron chi connectivity index (χ0n) is 32.9. The lowest BCUT2D eigenvalue weighted by molar-refractivity contribution is -0.293. The van der Waals surface area contributed by atoms with Gasteiger partial charge in [0.25, 0.3) is 0 Å². The molecule has 0 heterocycles. The van der Waals surface area contributed by atoms with Crippen molar-refractivity contribution in [1.82, 2.24) is 0 Å². The van der Waals surface area contributed by atoms with Gasteiger partial charge in [-0.1, -0.05) is 99.1 Å². The number of ether oxygens (including phenoxy) is 3. The molecule has 0 saturated heterocycles. The minimum atomic E-state index is -2.28. The largest absolute Gasteiger partial charge is 0.439 e. The van der Waals surface area contributed by atoms with Crippen LogP contribution in [0.25, 0.3) is 22.8 Å². The summed E-state index contributed by atoms with van der Waals surface area (Å²) >= 11 is 0. The first-order chi connectivity index (χ1) is 27.7. The fourth-order valence-electron chi connectivity index (χ4n) is 6.07. The molecule has 0 aliphatic carbocycles. The lowest BCUT2D eigenvalue weighted by Crippen LogP contribution is -2.34. The first kappa shape index (κ1) is 41.6. The van der Waals surface area contributed by atoms with E-state index < -0.39 is 17.9 Å². The molecule has 58 heavy (non-hydrogen) atoms. The Morgan fingerprint density at radius 2 is 0.759 bits per heavy atom. The molecule has 6 aromatic rings. The number of hydrogen-bond donors (Lipinski definition) is 6. The Bertz CT molecular complexity index is 2200. The molecule has 0 bridgehead atoms. The molecule has 6 N–H and O–H groups in total. The summed E-state index contributed by atoms with van der Waals surface area (Å²) in [5.74, 6) is -5.84. The van der Waals surface area contributed by atoms with Gasteiger partial charge in [0.2, 0.25) is 0 Å². The predicted octanol–water partition coefficient (Wildman–Crippen LogP) is 9.00. The van der Waals surface area contributed by atoms with E-state index in [4.69, 9.17) is 14.2 Å². The molecule has 10 nitrogen and oxygen atoms in total. The third kappa shape index (κ3) is 10.7. The summed E-state index contributed by atoms with van der Waals surface area (Å²) in [6.07, 6.45) is 2.05. The van der Waals surface area contributed by atoms with Crippen molar-refractivity contribution in [2.75, 3.05) is 4.90 Å². The van der Waals surface area contributed by atoms with Crippen molar-refractivity contribution >= 4 is 28.7 Å². The molecular weight excluding hydrogens is 735 g/mol. The maximum atomic E-state index is 10.0. The van der Waals surface area contributed by atoms with E-state index in [2.05, 4.69) is 60.4 Å². The van der Waals surface area contributed by atoms with Gasteiger partial charge in [-0.25, -0.2) is 0 Å². The fraction of sp³-hybridized carbons (Fsp3) is 0.208. The van der Waals surface area contributed by atoms with Crippen molar-refractivity contribution in [1.29, 1.82) is 0 Å². The molecule has 0 spiro atoms. The van der Waals surface area contributed by atoms with Crippen LogP contribution in [0.2, 0.25) is 0 Å². The standard InChI is InChI=1S/C48H49NO9/c1-5-46(50,51)56-42-26-14-36(15-27-42)35-12-24-41(25-13-35)49(39-20-8-33(4)9-21-39)40-22-10-34(11-23-40)32-45(37-16-28-43(29-17-37)57-47(52,53)6-2)38-18-30-44(31-19-38)58-48(54,55)7-3/h8-32,50-55H,5-7H2,1-4H3. The normalized spacial score (nSPS) is 11.8. The minimum absolute atomic E-state index is 0.0122. The summed E-state index contributed by atoms with van der Waals surface area (Å²) in [5, 5.41) is 59.9. The predicted molar refractivity (Wildman–Crippen MR) is 225 cm³/mol. The van der Waals surface area contributed by atoms with Gasteiger partial charge in [0, 0.05) is 36.3 Å². The fourth-order valence-corrected chi connectivity index (χ4v) is 6.07. The molecule has 0 fully saturated rings. The molecule has 0 unspecified atom stereocenters. The molecular formula is C48H49NO9. The van der Waals surface area contributed by atoms with Gasteiger partial charge in [-0.05, 0) is 119 Å². The van der Waals surface area contributed by atoms with Crippen LogP contribution in [-0.2, 0) is 0 Å². The van der Waals surface area contributed by atoms with E-state index in [0.29, 0.717) is 17.2 Å². The Hall–Kier alpha value is -5.98. The second-order valence-electron chi connectivity index (χ2n) is 14.0. The first-order valence-corrected chi connectivity index (χ1v) is 19.2. The Morgan fingerprint density at radius 1 is 0.448 bits per heavy atom. The highest BCUT2D eigenvalue weighted by Gasteiger charge is 2.24. The van der Waals surface area contributed by atoms with E-state index >= 15 is 0 Å². The molecule has 10 heteroatoms. The van der Waals surface area contributed by atoms with Gasteiger partial charge >= 0.3 is 17.9 Å². The summed E-state index contributed by atoms with van der Waals surface area (Å²) in [5.41, 5.74) is 9.36. The average Bonchev–Trinajstić information content (AvgIpc) is 3.22. The van der Waals surface area contributed by atoms with Crippen molar-refractivity contribution in [2.24, 2.45) is 0 Å². The SMILES string of the molecule is CCC(O)(O)Oc1ccc(C(=Cc2ccc(N(c3ccc(C)cc3)c3ccc(-c4ccc(OC(O)(O)CC)cc4)cc3)cc2)c2ccc(OC(O)(O)CC)cc2)cc1. The van der Waals surface area contributed by atoms with Crippen LogP contribution < -0.4 is 19.1 Å². The topological polar surface area (TPSA) is 152 Å². The highest BCUT2D eigenvalue weighted by Crippen LogP contribution is 2.37. The van der Waals surface area contributed by atoms with Gasteiger partial charge in [-0.15, -0.1) is 0 Å². The van der Waals surface area contributed by atoms with Crippen LogP contribution in [-0.4, -0.2) is 48.6 Å². The quantitative estimate of drug-likeness (QED) is 0.0414. The van der Waals surface area contributed by atoms with Crippen molar-refractivity contribution < 1.29 is 44.8 Å². The van der Waals surface area contributed by atoms with Gasteiger partial charge in [0.05, 0.1) is 0 Å². The molecule has 0 saturated carbocycles. The Kier molecular flexibility index (Phi) is 12.7. The van der Waals surface area contributed by atoms with Gasteiger partial charge in [-0.2, -0.15) is 0 Å². The zero-order chi connectivity index (χ0) is 41.5. The van der Waals surface area contributed by atoms with Crippen LogP contribution in [0.4, 0.5) is 17.1 Å². The first-order valence-electron chi connectivity index (χ1n) is 19.2. The summed E-state index contributed by atoms with van der Waals surface area (Å²) in [6, 6.07) is 45.9. The lowest BCUT2D eigenvalue weighted by Gasteiger charge is -2.26. The molecule has 0 aliphatic heterocycles. The van der Waals surface area contributed by atoms with Gasteiger partial charge in [0.1, 0.15) is 17.2 Å². The van der Waals surface area contributed by atoms with E-state index in [1.165, 1.54) is 0 Å². The average molecular weight is 784 g/mol. The number of anilines is 3. The van der Waals surface area contributed by atoms with Crippen LogP contribution >= 0.6 is 0 Å². The van der Waals surface area contributed by atoms with Crippen LogP contribution in [0, 0.1) is 6.92 Å². The molecule has 0 amide bonds. The number of aryl methyl sites for hydroxylation is 1. The van der Waals surface area contributed by atoms with Crippen LogP contribution in [0.3, 0.4) is 0 Å². The second kappa shape index (κ2) is 17.7. The number of aliphatic hydroxyl groups is 6. The summed E-state index contributed by atoms with van der Waals surface area (Å²) < 4.78 is 16.0. The molecule has 0 atom stereocenters. The molecule has 300 valence electrons. The van der Waals surface area contributed by atoms with Crippen molar-refractivity contribution in [3.05, 3.63) is 168 Å². The maximum absolute atomic E-state index is 10.0. The van der Waals surface area contributed by atoms with E-state index in [0.717, 1.165) is 56.0 Å². The zero-order valence-corrected chi connectivity index (χ0v) is 32.9. The monoisotopic (exact) mass is 783 g/mol. The van der Waals surface area contributed by atoms with Crippen molar-refractivity contribution in [3.63, 3.8) is 0 Å². The molecule has 6 rings (SSSR count). The maximum Gasteiger partial charge on any atom is 0.321 e. The highest BCUT2D eigenvalue weighted by molar-refractivity contribution is 5.92. The number of hydrogen-bond acceptors (Lipinski definition) is 10. The lowest BCUT2D eigenvalue weighted by atomic mass is 9.95. The summed E-state index contributed by atoms with van der Waals surface area (Å²) in [6.45, 7) is 6.89.